The third kappa shape index (κ3) is 6.11. The lowest BCUT2D eigenvalue weighted by Gasteiger charge is -2.49. The number of β-lactam (4-membered cyclic amide) rings is 1. The van der Waals surface area contributed by atoms with E-state index in [1.165, 1.54) is 51.9 Å². The molecular formula is C20H18Cl2N6O4S4. The van der Waals surface area contributed by atoms with Gasteiger partial charge in [0.05, 0.1) is 10.8 Å². The summed E-state index contributed by atoms with van der Waals surface area (Å²) in [6, 6.07) is 5.72. The number of fused-ring (bicyclic) bond motifs is 1. The molecule has 10 nitrogen and oxygen atoms in total. The Hall–Kier alpha value is -1.97. The lowest BCUT2D eigenvalue weighted by Crippen LogP contribution is -2.70. The summed E-state index contributed by atoms with van der Waals surface area (Å²) in [7, 11) is 0. The van der Waals surface area contributed by atoms with Gasteiger partial charge in [-0.15, -0.1) is 35.3 Å². The molecule has 4 rings (SSSR count). The number of nitrogens with zero attached hydrogens (tertiary/aromatic N) is 3. The van der Waals surface area contributed by atoms with Crippen LogP contribution in [0.2, 0.25) is 10.0 Å². The lowest BCUT2D eigenvalue weighted by atomic mass is 10.1. The third-order valence-electron chi connectivity index (χ3n) is 4.88. The number of hydrogen-bond donors (Lipinski definition) is 4. The zero-order valence-electron chi connectivity index (χ0n) is 18.1. The van der Waals surface area contributed by atoms with E-state index in [9.17, 15) is 19.5 Å². The average Bonchev–Trinajstić information content (AvgIpc) is 2.82. The highest BCUT2D eigenvalue weighted by Gasteiger charge is 2.54. The van der Waals surface area contributed by atoms with Crippen molar-refractivity contribution in [3.05, 3.63) is 44.9 Å². The van der Waals surface area contributed by atoms with Crippen LogP contribution in [0.5, 0.6) is 0 Å². The van der Waals surface area contributed by atoms with E-state index in [1.807, 2.05) is 0 Å². The maximum absolute atomic E-state index is 12.8. The number of thioether (sulfide) groups is 4. The number of nitrogens with one attached hydrogen (secondary N) is 1. The molecule has 36 heavy (non-hydrogen) atoms. The van der Waals surface area contributed by atoms with Crippen LogP contribution in [-0.2, 0) is 14.4 Å². The minimum absolute atomic E-state index is 0.0270. The summed E-state index contributed by atoms with van der Waals surface area (Å²) in [5.74, 6) is -1.33. The second-order valence-corrected chi connectivity index (χ2v) is 12.7. The molecule has 2 atom stereocenters. The monoisotopic (exact) mass is 604 g/mol. The van der Waals surface area contributed by atoms with Crippen molar-refractivity contribution in [3.8, 4) is 0 Å². The first-order valence-corrected chi connectivity index (χ1v) is 14.8. The first kappa shape index (κ1) is 27.1. The average molecular weight is 606 g/mol. The van der Waals surface area contributed by atoms with Crippen molar-refractivity contribution in [1.29, 1.82) is 0 Å². The second-order valence-electron chi connectivity index (χ2n) is 7.29. The van der Waals surface area contributed by atoms with Crippen molar-refractivity contribution in [2.75, 3.05) is 28.1 Å². The molecule has 0 saturated carbocycles. The topological polar surface area (TPSA) is 165 Å². The maximum atomic E-state index is 12.8. The minimum atomic E-state index is -1.20. The number of carboxylic acid groups (broad SMARTS) is 1. The Morgan fingerprint density at radius 1 is 1.19 bits per heavy atom. The van der Waals surface area contributed by atoms with Gasteiger partial charge >= 0.3 is 5.97 Å². The zero-order valence-corrected chi connectivity index (χ0v) is 22.9. The van der Waals surface area contributed by atoms with Gasteiger partial charge in [-0.05, 0) is 18.2 Å². The molecule has 2 aliphatic rings. The van der Waals surface area contributed by atoms with Crippen molar-refractivity contribution >= 4 is 99.8 Å². The largest absolute Gasteiger partial charge is 0.477 e. The Kier molecular flexibility index (Phi) is 8.73. The highest BCUT2D eigenvalue weighted by atomic mass is 35.5. The Morgan fingerprint density at radius 3 is 2.69 bits per heavy atom. The van der Waals surface area contributed by atoms with Gasteiger partial charge in [0.1, 0.15) is 28.0 Å². The fourth-order valence-electron chi connectivity index (χ4n) is 3.34. The van der Waals surface area contributed by atoms with Crippen molar-refractivity contribution in [2.24, 2.45) is 0 Å². The molecule has 0 aliphatic carbocycles. The second kappa shape index (κ2) is 11.6. The summed E-state index contributed by atoms with van der Waals surface area (Å²) in [5, 5.41) is 14.0. The number of carbonyl (C=O) groups is 3. The fraction of sp³-hybridized carbons (Fsp3) is 0.250. The molecule has 16 heteroatoms. The van der Waals surface area contributed by atoms with Gasteiger partial charge in [-0.3, -0.25) is 14.5 Å². The number of rotatable bonds is 9. The van der Waals surface area contributed by atoms with Gasteiger partial charge in [0.25, 0.3) is 5.91 Å². The maximum Gasteiger partial charge on any atom is 0.353 e. The van der Waals surface area contributed by atoms with Crippen LogP contribution >= 0.6 is 70.2 Å². The molecule has 6 N–H and O–H groups in total. The molecule has 0 bridgehead atoms. The first-order chi connectivity index (χ1) is 17.1. The minimum Gasteiger partial charge on any atom is -0.477 e. The Balaban J connectivity index is 1.36. The molecule has 0 radical (unpaired) electrons. The Labute approximate surface area is 232 Å². The van der Waals surface area contributed by atoms with Crippen LogP contribution in [0.3, 0.4) is 0 Å². The molecule has 2 aromatic rings. The summed E-state index contributed by atoms with van der Waals surface area (Å²) in [4.78, 5) is 47.7. The number of aromatic nitrogens is 2. The van der Waals surface area contributed by atoms with Gasteiger partial charge in [-0.2, -0.15) is 4.98 Å². The van der Waals surface area contributed by atoms with Crippen molar-refractivity contribution in [1.82, 2.24) is 20.2 Å². The van der Waals surface area contributed by atoms with Crippen LogP contribution in [0.4, 0.5) is 11.8 Å². The van der Waals surface area contributed by atoms with Gasteiger partial charge in [0.15, 0.2) is 0 Å². The molecule has 1 saturated heterocycles. The van der Waals surface area contributed by atoms with E-state index in [0.29, 0.717) is 35.7 Å². The predicted molar refractivity (Wildman–Crippen MR) is 146 cm³/mol. The van der Waals surface area contributed by atoms with E-state index in [4.69, 9.17) is 34.7 Å². The van der Waals surface area contributed by atoms with Crippen molar-refractivity contribution < 1.29 is 19.5 Å². The summed E-state index contributed by atoms with van der Waals surface area (Å²) in [6.07, 6.45) is 0. The van der Waals surface area contributed by atoms with Gasteiger partial charge in [0.2, 0.25) is 11.9 Å². The third-order valence-corrected chi connectivity index (χ3v) is 10.2. The fourth-order valence-corrected chi connectivity index (χ4v) is 8.35. The molecule has 2 aliphatic heterocycles. The Morgan fingerprint density at radius 2 is 1.97 bits per heavy atom. The molecule has 1 fully saturated rings. The Bertz CT molecular complexity index is 1250. The zero-order chi connectivity index (χ0) is 26.0. The molecular weight excluding hydrogens is 587 g/mol. The van der Waals surface area contributed by atoms with Crippen molar-refractivity contribution in [3.63, 3.8) is 0 Å². The lowest BCUT2D eigenvalue weighted by molar-refractivity contribution is -0.150. The summed E-state index contributed by atoms with van der Waals surface area (Å²) >= 11 is 17.3. The van der Waals surface area contributed by atoms with E-state index in [0.717, 1.165) is 0 Å². The number of carboxylic acids is 1. The molecule has 1 aromatic carbocycles. The number of anilines is 2. The van der Waals surface area contributed by atoms with E-state index in [1.54, 1.807) is 24.3 Å². The van der Waals surface area contributed by atoms with Crippen LogP contribution in [0, 0.1) is 0 Å². The SMILES string of the molecule is Nc1cc(SCSC2=C(C(=O)O)N3C(=O)C(NC(=O)CSc4cc(Cl)ccc4Cl)[C@H]3SC2)nc(N)n1. The smallest absolute Gasteiger partial charge is 0.353 e. The molecule has 2 amide bonds. The number of halogens is 2. The van der Waals surface area contributed by atoms with E-state index >= 15 is 0 Å². The van der Waals surface area contributed by atoms with Crippen LogP contribution in [0.15, 0.2) is 44.8 Å². The number of carbonyl (C=O) groups excluding carboxylic acids is 2. The van der Waals surface area contributed by atoms with Gasteiger partial charge < -0.3 is 21.9 Å². The summed E-state index contributed by atoms with van der Waals surface area (Å²) in [5.41, 5.74) is 11.2. The van der Waals surface area contributed by atoms with Gasteiger partial charge in [0, 0.05) is 31.7 Å². The molecule has 1 unspecified atom stereocenters. The number of aliphatic carboxylic acids is 1. The molecule has 190 valence electrons. The summed E-state index contributed by atoms with van der Waals surface area (Å²) in [6.45, 7) is 0. The standard InChI is InChI=1S/C20H18Cl2N6O4S4/c21-8-1-2-9(22)10(3-8)33-6-13(29)26-15-17(30)28-16(19(31)32)11(5-34-18(15)28)35-7-36-14-4-12(23)25-20(24)27-14/h1-4,15,18H,5-7H2,(H,26,29)(H,31,32)(H4,23,24,25,27)/t15?,18-/m1/s1. The van der Waals surface area contributed by atoms with Crippen LogP contribution < -0.4 is 16.8 Å². The van der Waals surface area contributed by atoms with Gasteiger partial charge in [-0.1, -0.05) is 35.0 Å². The first-order valence-electron chi connectivity index (χ1n) is 10.1. The number of nitrogen functional groups attached to an aromatic ring is 2. The highest BCUT2D eigenvalue weighted by molar-refractivity contribution is 8.18. The number of benzene rings is 1. The molecule has 3 heterocycles. The summed E-state index contributed by atoms with van der Waals surface area (Å²) < 4.78 is 0. The van der Waals surface area contributed by atoms with E-state index in [-0.39, 0.29) is 29.1 Å². The predicted octanol–water partition coefficient (Wildman–Crippen LogP) is 3.22. The highest BCUT2D eigenvalue weighted by Crippen LogP contribution is 2.44. The van der Waals surface area contributed by atoms with Crippen molar-refractivity contribution in [2.45, 2.75) is 21.3 Å². The number of hydrogen-bond acceptors (Lipinski definition) is 11. The molecule has 0 spiro atoms. The number of nitrogens with two attached hydrogens (primary N) is 2. The molecule has 1 aromatic heterocycles. The number of amides is 2. The van der Waals surface area contributed by atoms with E-state index in [2.05, 4.69) is 15.3 Å². The van der Waals surface area contributed by atoms with Crippen LogP contribution in [0.1, 0.15) is 0 Å². The van der Waals surface area contributed by atoms with Gasteiger partial charge in [-0.25, -0.2) is 9.78 Å². The quantitative estimate of drug-likeness (QED) is 0.143. The van der Waals surface area contributed by atoms with Crippen LogP contribution in [-0.4, -0.2) is 65.8 Å². The van der Waals surface area contributed by atoms with E-state index < -0.39 is 23.3 Å². The van der Waals surface area contributed by atoms with Crippen LogP contribution in [0.25, 0.3) is 0 Å². The normalized spacial score (nSPS) is 19.1.